The maximum atomic E-state index is 2.38. The number of allylic oxidation sites excluding steroid dienone is 12. The first kappa shape index (κ1) is 12.9. The van der Waals surface area contributed by atoms with Crippen molar-refractivity contribution in [3.8, 4) is 0 Å². The maximum Gasteiger partial charge on any atom is -0.00962 e. The summed E-state index contributed by atoms with van der Waals surface area (Å²) >= 11 is 0. The first-order chi connectivity index (χ1) is 10.9. The molecule has 0 aromatic heterocycles. The molecular weight excluding hydrogens is 264 g/mol. The summed E-state index contributed by atoms with van der Waals surface area (Å²) in [7, 11) is 0. The van der Waals surface area contributed by atoms with Gasteiger partial charge in [0.1, 0.15) is 0 Å². The van der Waals surface area contributed by atoms with E-state index in [-0.39, 0.29) is 0 Å². The Bertz CT molecular complexity index is 608. The van der Waals surface area contributed by atoms with Crippen molar-refractivity contribution in [1.29, 1.82) is 0 Å². The van der Waals surface area contributed by atoms with Gasteiger partial charge in [0.25, 0.3) is 0 Å². The van der Waals surface area contributed by atoms with Gasteiger partial charge in [-0.05, 0) is 64.2 Å². The van der Waals surface area contributed by atoms with Crippen LogP contribution >= 0.6 is 0 Å². The number of rotatable bonds is 0. The van der Waals surface area contributed by atoms with E-state index in [9.17, 15) is 0 Å². The molecule has 5 aliphatic carbocycles. The second-order valence-electron chi connectivity index (χ2n) is 7.65. The Morgan fingerprint density at radius 1 is 0.318 bits per heavy atom. The summed E-state index contributed by atoms with van der Waals surface area (Å²) in [6.45, 7) is 0. The van der Waals surface area contributed by atoms with Crippen molar-refractivity contribution in [2.24, 2.45) is 0 Å². The van der Waals surface area contributed by atoms with E-state index in [0.29, 0.717) is 0 Å². The molecule has 0 radical (unpaired) electrons. The van der Waals surface area contributed by atoms with Crippen molar-refractivity contribution in [3.05, 3.63) is 68.9 Å². The number of hydrogen-bond acceptors (Lipinski definition) is 0. The van der Waals surface area contributed by atoms with E-state index in [1.807, 2.05) is 0 Å². The van der Waals surface area contributed by atoms with Crippen molar-refractivity contribution in [3.63, 3.8) is 0 Å². The monoisotopic (exact) mass is 288 g/mol. The van der Waals surface area contributed by atoms with Gasteiger partial charge in [-0.3, -0.25) is 0 Å². The summed E-state index contributed by atoms with van der Waals surface area (Å²) in [6, 6.07) is 0. The molecule has 0 saturated carbocycles. The topological polar surface area (TPSA) is 0 Å². The summed E-state index contributed by atoms with van der Waals surface area (Å²) < 4.78 is 0. The third kappa shape index (κ3) is 2.04. The van der Waals surface area contributed by atoms with Gasteiger partial charge in [-0.2, -0.15) is 0 Å². The van der Waals surface area contributed by atoms with Crippen LogP contribution in [0, 0.1) is 0 Å². The third-order valence-corrected chi connectivity index (χ3v) is 6.35. The van der Waals surface area contributed by atoms with Gasteiger partial charge in [-0.15, -0.1) is 0 Å². The fraction of sp³-hybridized carbons (Fsp3) is 0.455. The average Bonchev–Trinajstić information content (AvgIpc) is 2.56. The Balaban J connectivity index is 1.38. The zero-order valence-corrected chi connectivity index (χ0v) is 13.4. The summed E-state index contributed by atoms with van der Waals surface area (Å²) in [5, 5.41) is 0. The Morgan fingerprint density at radius 2 is 0.545 bits per heavy atom. The molecule has 0 spiro atoms. The van der Waals surface area contributed by atoms with Crippen molar-refractivity contribution >= 4 is 0 Å². The standard InChI is InChI=1S/C22H24/c1-2-6-16-10-20-14-22-12-18-8-4-3-7-17(18)11-21(22)13-19(20)9-15(16)5-1/h1-4H,5-14H2. The smallest absolute Gasteiger partial charge is 0.00962 e. The predicted octanol–water partition coefficient (Wildman–Crippen LogP) is 6.25. The maximum absolute atomic E-state index is 2.38. The highest BCUT2D eigenvalue weighted by molar-refractivity contribution is 5.49. The summed E-state index contributed by atoms with van der Waals surface area (Å²) in [5.41, 5.74) is 14.2. The Morgan fingerprint density at radius 3 is 0.818 bits per heavy atom. The number of hydrogen-bond donors (Lipinski definition) is 0. The summed E-state index contributed by atoms with van der Waals surface area (Å²) in [4.78, 5) is 0. The van der Waals surface area contributed by atoms with Gasteiger partial charge < -0.3 is 0 Å². The SMILES string of the molecule is C1=CCC2=C(C1)CC1=C(C2)CC2=C(CC3=C(CC=CC3)C2)C1. The molecule has 0 heterocycles. The quantitative estimate of drug-likeness (QED) is 0.462. The van der Waals surface area contributed by atoms with Gasteiger partial charge in [0.05, 0.1) is 0 Å². The fourth-order valence-electron chi connectivity index (χ4n) is 5.06. The fourth-order valence-corrected chi connectivity index (χ4v) is 5.06. The molecule has 0 aromatic carbocycles. The van der Waals surface area contributed by atoms with Crippen LogP contribution in [-0.2, 0) is 0 Å². The molecule has 0 heteroatoms. The zero-order valence-electron chi connectivity index (χ0n) is 13.4. The van der Waals surface area contributed by atoms with Crippen molar-refractivity contribution in [1.82, 2.24) is 0 Å². The summed E-state index contributed by atoms with van der Waals surface area (Å²) in [6.07, 6.45) is 22.1. The van der Waals surface area contributed by atoms with Crippen molar-refractivity contribution in [2.75, 3.05) is 0 Å². The van der Waals surface area contributed by atoms with Gasteiger partial charge in [-0.1, -0.05) is 68.9 Å². The lowest BCUT2D eigenvalue weighted by atomic mass is 9.69. The highest BCUT2D eigenvalue weighted by Gasteiger charge is 2.29. The van der Waals surface area contributed by atoms with Crippen molar-refractivity contribution in [2.45, 2.75) is 64.2 Å². The van der Waals surface area contributed by atoms with Crippen LogP contribution < -0.4 is 0 Å². The van der Waals surface area contributed by atoms with Crippen LogP contribution in [0.5, 0.6) is 0 Å². The van der Waals surface area contributed by atoms with E-state index < -0.39 is 0 Å². The zero-order chi connectivity index (χ0) is 14.5. The third-order valence-electron chi connectivity index (χ3n) is 6.35. The van der Waals surface area contributed by atoms with Crippen LogP contribution in [0.3, 0.4) is 0 Å². The first-order valence-electron chi connectivity index (χ1n) is 8.96. The summed E-state index contributed by atoms with van der Waals surface area (Å²) in [5.74, 6) is 0. The molecule has 0 nitrogen and oxygen atoms in total. The molecule has 112 valence electrons. The molecule has 0 unspecified atom stereocenters. The molecule has 0 aromatic rings. The second kappa shape index (κ2) is 4.98. The minimum Gasteiger partial charge on any atom is -0.0841 e. The normalized spacial score (nSPS) is 26.9. The van der Waals surface area contributed by atoms with Crippen LogP contribution in [0.15, 0.2) is 68.9 Å². The molecule has 0 amide bonds. The molecule has 0 bridgehead atoms. The first-order valence-corrected chi connectivity index (χ1v) is 8.96. The van der Waals surface area contributed by atoms with Gasteiger partial charge in [0.15, 0.2) is 0 Å². The van der Waals surface area contributed by atoms with E-state index in [2.05, 4.69) is 24.3 Å². The molecule has 0 saturated heterocycles. The Hall–Kier alpha value is -1.56. The van der Waals surface area contributed by atoms with Crippen LogP contribution in [0.1, 0.15) is 64.2 Å². The molecule has 5 aliphatic rings. The molecule has 0 atom stereocenters. The van der Waals surface area contributed by atoms with Crippen LogP contribution in [0.2, 0.25) is 0 Å². The molecule has 5 rings (SSSR count). The lowest BCUT2D eigenvalue weighted by Gasteiger charge is -2.36. The largest absolute Gasteiger partial charge is 0.0841 e. The van der Waals surface area contributed by atoms with E-state index in [1.165, 1.54) is 64.2 Å². The lowest BCUT2D eigenvalue weighted by Crippen LogP contribution is -2.17. The van der Waals surface area contributed by atoms with Crippen molar-refractivity contribution < 1.29 is 0 Å². The van der Waals surface area contributed by atoms with Gasteiger partial charge in [0.2, 0.25) is 0 Å². The second-order valence-corrected chi connectivity index (χ2v) is 7.65. The minimum absolute atomic E-state index is 1.22. The van der Waals surface area contributed by atoms with Crippen LogP contribution in [-0.4, -0.2) is 0 Å². The van der Waals surface area contributed by atoms with Gasteiger partial charge in [0, 0.05) is 0 Å². The van der Waals surface area contributed by atoms with E-state index in [0.717, 1.165) is 0 Å². The molecule has 0 N–H and O–H groups in total. The van der Waals surface area contributed by atoms with Crippen LogP contribution in [0.25, 0.3) is 0 Å². The Kier molecular flexibility index (Phi) is 2.93. The minimum atomic E-state index is 1.22. The van der Waals surface area contributed by atoms with E-state index in [1.54, 1.807) is 44.6 Å². The molecule has 22 heavy (non-hydrogen) atoms. The predicted molar refractivity (Wildman–Crippen MR) is 92.6 cm³/mol. The highest BCUT2D eigenvalue weighted by Crippen LogP contribution is 2.48. The Labute approximate surface area is 133 Å². The van der Waals surface area contributed by atoms with Gasteiger partial charge in [-0.25, -0.2) is 0 Å². The molecule has 0 aliphatic heterocycles. The van der Waals surface area contributed by atoms with Gasteiger partial charge >= 0.3 is 0 Å². The molecule has 0 fully saturated rings. The molecular formula is C22H24. The lowest BCUT2D eigenvalue weighted by molar-refractivity contribution is 0.718. The average molecular weight is 288 g/mol. The van der Waals surface area contributed by atoms with E-state index in [4.69, 9.17) is 0 Å². The van der Waals surface area contributed by atoms with Crippen LogP contribution in [0.4, 0.5) is 0 Å². The highest BCUT2D eigenvalue weighted by atomic mass is 14.3. The van der Waals surface area contributed by atoms with E-state index >= 15 is 0 Å².